The summed E-state index contributed by atoms with van der Waals surface area (Å²) in [6, 6.07) is 4.11. The minimum Gasteiger partial charge on any atom is -0.508 e. The topological polar surface area (TPSA) is 72.7 Å². The third kappa shape index (κ3) is 2.41. The van der Waals surface area contributed by atoms with Gasteiger partial charge in [-0.05, 0) is 18.2 Å². The van der Waals surface area contributed by atoms with Crippen LogP contribution < -0.4 is 5.48 Å². The Hall–Kier alpha value is -0.620. The predicted molar refractivity (Wildman–Crippen MR) is 50.6 cm³/mol. The van der Waals surface area contributed by atoms with E-state index in [9.17, 15) is 5.11 Å². The molecular weight excluding hydrogens is 238 g/mol. The molecule has 1 rings (SSSR count). The van der Waals surface area contributed by atoms with Crippen molar-refractivity contribution < 1.29 is 15.4 Å². The van der Waals surface area contributed by atoms with Crippen LogP contribution in [0.15, 0.2) is 22.7 Å². The molecule has 0 spiro atoms. The summed E-state index contributed by atoms with van der Waals surface area (Å²) in [6.07, 6.45) is 0. The van der Waals surface area contributed by atoms with Gasteiger partial charge in [0.15, 0.2) is 0 Å². The summed E-state index contributed by atoms with van der Waals surface area (Å²) >= 11 is 3.22. The van der Waals surface area contributed by atoms with Crippen LogP contribution in [-0.4, -0.2) is 22.0 Å². The number of halogens is 1. The summed E-state index contributed by atoms with van der Waals surface area (Å²) < 4.78 is 0.772. The first kappa shape index (κ1) is 10.5. The van der Waals surface area contributed by atoms with Gasteiger partial charge in [0.2, 0.25) is 0 Å². The zero-order chi connectivity index (χ0) is 9.84. The van der Waals surface area contributed by atoms with Gasteiger partial charge in [-0.2, -0.15) is 5.48 Å². The van der Waals surface area contributed by atoms with Crippen LogP contribution in [0, 0.1) is 0 Å². The second-order valence-electron chi connectivity index (χ2n) is 2.57. The van der Waals surface area contributed by atoms with Crippen molar-refractivity contribution in [1.29, 1.82) is 0 Å². The molecule has 0 fully saturated rings. The minimum absolute atomic E-state index is 0.0313. The number of aromatic hydroxyl groups is 1. The lowest BCUT2D eigenvalue weighted by atomic mass is 10.1. The van der Waals surface area contributed by atoms with Crippen LogP contribution >= 0.6 is 15.9 Å². The number of phenols is 1. The maximum Gasteiger partial charge on any atom is 0.120 e. The van der Waals surface area contributed by atoms with E-state index in [-0.39, 0.29) is 12.4 Å². The predicted octanol–water partition coefficient (Wildman–Crippen LogP) is 1.17. The molecular formula is C8H10BrNO3. The van der Waals surface area contributed by atoms with Crippen molar-refractivity contribution in [2.45, 2.75) is 6.04 Å². The number of rotatable bonds is 3. The normalized spacial score (nSPS) is 12.8. The fraction of sp³-hybridized carbons (Fsp3) is 0.250. The minimum atomic E-state index is -0.669. The van der Waals surface area contributed by atoms with E-state index in [1.54, 1.807) is 12.1 Å². The van der Waals surface area contributed by atoms with Gasteiger partial charge < -0.3 is 15.4 Å². The number of aliphatic hydroxyl groups excluding tert-OH is 1. The Morgan fingerprint density at radius 1 is 1.46 bits per heavy atom. The third-order valence-corrected chi connectivity index (χ3v) is 2.20. The van der Waals surface area contributed by atoms with Gasteiger partial charge in [0.25, 0.3) is 0 Å². The Morgan fingerprint density at radius 3 is 2.69 bits per heavy atom. The molecule has 5 heteroatoms. The molecule has 0 unspecified atom stereocenters. The van der Waals surface area contributed by atoms with Crippen molar-refractivity contribution in [3.63, 3.8) is 0 Å². The lowest BCUT2D eigenvalue weighted by Crippen LogP contribution is -2.20. The number of hydrogen-bond acceptors (Lipinski definition) is 4. The summed E-state index contributed by atoms with van der Waals surface area (Å²) in [6.45, 7) is -0.291. The molecule has 0 radical (unpaired) electrons. The van der Waals surface area contributed by atoms with Crippen LogP contribution in [0.1, 0.15) is 11.6 Å². The monoisotopic (exact) mass is 247 g/mol. The highest BCUT2D eigenvalue weighted by molar-refractivity contribution is 9.10. The first-order chi connectivity index (χ1) is 6.19. The maximum atomic E-state index is 9.38. The molecule has 0 bridgehead atoms. The van der Waals surface area contributed by atoms with E-state index in [2.05, 4.69) is 15.9 Å². The first-order valence-corrected chi connectivity index (χ1v) is 4.47. The molecule has 0 aliphatic heterocycles. The van der Waals surface area contributed by atoms with Crippen molar-refractivity contribution >= 4 is 15.9 Å². The van der Waals surface area contributed by atoms with Crippen molar-refractivity contribution in [3.8, 4) is 5.75 Å². The number of hydroxylamine groups is 1. The molecule has 1 aromatic carbocycles. The molecule has 0 amide bonds. The van der Waals surface area contributed by atoms with Crippen LogP contribution in [0.4, 0.5) is 0 Å². The lowest BCUT2D eigenvalue weighted by molar-refractivity contribution is 0.0893. The van der Waals surface area contributed by atoms with Crippen molar-refractivity contribution in [2.24, 2.45) is 0 Å². The number of hydrogen-bond donors (Lipinski definition) is 4. The van der Waals surface area contributed by atoms with E-state index in [0.717, 1.165) is 4.47 Å². The molecule has 4 nitrogen and oxygen atoms in total. The van der Waals surface area contributed by atoms with Gasteiger partial charge in [0.05, 0.1) is 12.6 Å². The third-order valence-electron chi connectivity index (χ3n) is 1.70. The van der Waals surface area contributed by atoms with Gasteiger partial charge in [0, 0.05) is 10.0 Å². The maximum absolute atomic E-state index is 9.38. The molecule has 0 saturated heterocycles. The summed E-state index contributed by atoms with van der Waals surface area (Å²) in [7, 11) is 0. The van der Waals surface area contributed by atoms with Crippen LogP contribution in [0.5, 0.6) is 5.75 Å². The summed E-state index contributed by atoms with van der Waals surface area (Å²) in [4.78, 5) is 0. The molecule has 0 aromatic heterocycles. The molecule has 13 heavy (non-hydrogen) atoms. The zero-order valence-corrected chi connectivity index (χ0v) is 8.32. The van der Waals surface area contributed by atoms with Gasteiger partial charge in [-0.25, -0.2) is 0 Å². The molecule has 0 aliphatic rings. The van der Waals surface area contributed by atoms with Crippen LogP contribution in [-0.2, 0) is 0 Å². The van der Waals surface area contributed by atoms with E-state index in [4.69, 9.17) is 10.3 Å². The Labute approximate surface area is 83.9 Å². The number of phenolic OH excluding ortho intramolecular Hbond substituents is 1. The van der Waals surface area contributed by atoms with Crippen LogP contribution in [0.25, 0.3) is 0 Å². The molecule has 4 N–H and O–H groups in total. The van der Waals surface area contributed by atoms with Crippen LogP contribution in [0.3, 0.4) is 0 Å². The SMILES string of the molecule is OC[C@@H](NO)c1cc(Br)ccc1O. The van der Waals surface area contributed by atoms with Crippen molar-refractivity contribution in [3.05, 3.63) is 28.2 Å². The number of aliphatic hydroxyl groups is 1. The van der Waals surface area contributed by atoms with E-state index in [1.807, 2.05) is 5.48 Å². The molecule has 0 saturated carbocycles. The van der Waals surface area contributed by atoms with Gasteiger partial charge in [-0.1, -0.05) is 15.9 Å². The largest absolute Gasteiger partial charge is 0.508 e. The second-order valence-corrected chi connectivity index (χ2v) is 3.48. The Balaban J connectivity index is 3.03. The van der Waals surface area contributed by atoms with Gasteiger partial charge in [-0.15, -0.1) is 0 Å². The van der Waals surface area contributed by atoms with Crippen LogP contribution in [0.2, 0.25) is 0 Å². The second kappa shape index (κ2) is 4.57. The van der Waals surface area contributed by atoms with E-state index < -0.39 is 6.04 Å². The molecule has 1 aromatic rings. The zero-order valence-electron chi connectivity index (χ0n) is 6.74. The van der Waals surface area contributed by atoms with Gasteiger partial charge in [0.1, 0.15) is 5.75 Å². The van der Waals surface area contributed by atoms with E-state index >= 15 is 0 Å². The lowest BCUT2D eigenvalue weighted by Gasteiger charge is -2.13. The Bertz CT molecular complexity index is 289. The average molecular weight is 248 g/mol. The highest BCUT2D eigenvalue weighted by atomic mass is 79.9. The highest BCUT2D eigenvalue weighted by Gasteiger charge is 2.13. The van der Waals surface area contributed by atoms with E-state index in [0.29, 0.717) is 5.56 Å². The number of benzene rings is 1. The van der Waals surface area contributed by atoms with E-state index in [1.165, 1.54) is 6.07 Å². The van der Waals surface area contributed by atoms with Crippen molar-refractivity contribution in [2.75, 3.05) is 6.61 Å². The molecule has 1 atom stereocenters. The van der Waals surface area contributed by atoms with Gasteiger partial charge >= 0.3 is 0 Å². The fourth-order valence-corrected chi connectivity index (χ4v) is 1.39. The smallest absolute Gasteiger partial charge is 0.120 e. The molecule has 0 heterocycles. The van der Waals surface area contributed by atoms with Crippen molar-refractivity contribution in [1.82, 2.24) is 5.48 Å². The highest BCUT2D eigenvalue weighted by Crippen LogP contribution is 2.26. The molecule has 72 valence electrons. The summed E-state index contributed by atoms with van der Waals surface area (Å²) in [5.41, 5.74) is 2.35. The molecule has 0 aliphatic carbocycles. The average Bonchev–Trinajstić information content (AvgIpc) is 2.13. The summed E-state index contributed by atoms with van der Waals surface area (Å²) in [5.74, 6) is 0.0313. The Kier molecular flexibility index (Phi) is 3.68. The fourth-order valence-electron chi connectivity index (χ4n) is 1.01. The Morgan fingerprint density at radius 2 is 2.15 bits per heavy atom. The number of nitrogens with one attached hydrogen (secondary N) is 1. The quantitative estimate of drug-likeness (QED) is 0.606. The van der Waals surface area contributed by atoms with Gasteiger partial charge in [-0.3, -0.25) is 0 Å². The standard InChI is InChI=1S/C8H10BrNO3/c9-5-1-2-8(12)6(3-5)7(4-11)10-13/h1-3,7,10-13H,4H2/t7-/m1/s1. The first-order valence-electron chi connectivity index (χ1n) is 3.68. The summed E-state index contributed by atoms with van der Waals surface area (Å²) in [5, 5.41) is 26.9.